The fourth-order valence-corrected chi connectivity index (χ4v) is 1.62. The zero-order valence-corrected chi connectivity index (χ0v) is 9.39. The number of fused-ring (bicyclic) bond motifs is 1. The van der Waals surface area contributed by atoms with Gasteiger partial charge in [-0.15, -0.1) is 0 Å². The van der Waals surface area contributed by atoms with Crippen LogP contribution in [0.5, 0.6) is 0 Å². The third-order valence-electron chi connectivity index (χ3n) is 2.32. The quantitative estimate of drug-likeness (QED) is 0.704. The topological polar surface area (TPSA) is 69.4 Å². The first-order valence-corrected chi connectivity index (χ1v) is 4.99. The van der Waals surface area contributed by atoms with Gasteiger partial charge >= 0.3 is 5.97 Å². The minimum absolute atomic E-state index is 0.340. The van der Waals surface area contributed by atoms with E-state index in [4.69, 9.17) is 4.74 Å². The highest BCUT2D eigenvalue weighted by Crippen LogP contribution is 2.13. The summed E-state index contributed by atoms with van der Waals surface area (Å²) < 4.78 is 6.50. The van der Waals surface area contributed by atoms with Gasteiger partial charge in [0.1, 0.15) is 11.9 Å². The zero-order valence-electron chi connectivity index (χ0n) is 9.39. The van der Waals surface area contributed by atoms with E-state index in [0.29, 0.717) is 29.3 Å². The summed E-state index contributed by atoms with van der Waals surface area (Å²) in [5.74, 6) is 0.116. The molecule has 2 rings (SSSR count). The maximum absolute atomic E-state index is 11.7. The number of ether oxygens (including phenoxy) is 1. The average molecular weight is 220 g/mol. The molecule has 6 nitrogen and oxygen atoms in total. The molecule has 0 bridgehead atoms. The Morgan fingerprint density at radius 3 is 2.94 bits per heavy atom. The van der Waals surface area contributed by atoms with Crippen molar-refractivity contribution >= 4 is 11.7 Å². The number of aryl methyl sites for hydroxylation is 2. The molecule has 0 fully saturated rings. The number of aromatic nitrogens is 4. The van der Waals surface area contributed by atoms with Gasteiger partial charge in [0.15, 0.2) is 0 Å². The molecule has 0 radical (unpaired) electrons. The van der Waals surface area contributed by atoms with E-state index in [9.17, 15) is 4.79 Å². The highest BCUT2D eigenvalue weighted by Gasteiger charge is 2.18. The summed E-state index contributed by atoms with van der Waals surface area (Å²) in [5.41, 5.74) is 1.76. The molecule has 0 aliphatic rings. The van der Waals surface area contributed by atoms with Crippen LogP contribution in [-0.2, 0) is 4.74 Å². The van der Waals surface area contributed by atoms with Gasteiger partial charge in [0, 0.05) is 0 Å². The lowest BCUT2D eigenvalue weighted by Crippen LogP contribution is -2.14. The molecule has 0 spiro atoms. The fourth-order valence-electron chi connectivity index (χ4n) is 1.62. The molecule has 0 aromatic carbocycles. The molecule has 2 aromatic rings. The normalized spacial score (nSPS) is 10.7. The van der Waals surface area contributed by atoms with Crippen LogP contribution in [0.4, 0.5) is 0 Å². The fraction of sp³-hybridized carbons (Fsp3) is 0.400. The summed E-state index contributed by atoms with van der Waals surface area (Å²) in [6, 6.07) is 0. The Morgan fingerprint density at radius 2 is 2.25 bits per heavy atom. The van der Waals surface area contributed by atoms with Crippen molar-refractivity contribution in [2.75, 3.05) is 6.61 Å². The van der Waals surface area contributed by atoms with E-state index in [1.807, 2.05) is 0 Å². The third kappa shape index (κ3) is 1.52. The Bertz CT molecular complexity index is 547. The van der Waals surface area contributed by atoms with E-state index in [-0.39, 0.29) is 5.97 Å². The highest BCUT2D eigenvalue weighted by atomic mass is 16.5. The molecule has 0 saturated heterocycles. The largest absolute Gasteiger partial charge is 0.462 e. The summed E-state index contributed by atoms with van der Waals surface area (Å²) in [7, 11) is 0. The predicted molar refractivity (Wildman–Crippen MR) is 56.2 cm³/mol. The van der Waals surface area contributed by atoms with Crippen molar-refractivity contribution in [3.63, 3.8) is 0 Å². The molecule has 2 heterocycles. The molecular formula is C10H12N4O2. The molecule has 0 amide bonds. The number of esters is 1. The second kappa shape index (κ2) is 3.88. The van der Waals surface area contributed by atoms with Crippen LogP contribution in [0.15, 0.2) is 6.33 Å². The van der Waals surface area contributed by atoms with Gasteiger partial charge in [0.25, 0.3) is 5.78 Å². The van der Waals surface area contributed by atoms with Crippen LogP contribution < -0.4 is 0 Å². The summed E-state index contributed by atoms with van der Waals surface area (Å²) in [6.07, 6.45) is 1.41. The SMILES string of the molecule is CCOC(=O)c1c(C)nc2ncnn2c1C. The number of hydrogen-bond donors (Lipinski definition) is 0. The third-order valence-corrected chi connectivity index (χ3v) is 2.32. The van der Waals surface area contributed by atoms with E-state index >= 15 is 0 Å². The van der Waals surface area contributed by atoms with E-state index in [2.05, 4.69) is 15.1 Å². The van der Waals surface area contributed by atoms with Gasteiger partial charge in [-0.3, -0.25) is 0 Å². The summed E-state index contributed by atoms with van der Waals surface area (Å²) in [4.78, 5) is 19.9. The van der Waals surface area contributed by atoms with Gasteiger partial charge in [0.05, 0.1) is 18.0 Å². The number of carbonyl (C=O) groups excluding carboxylic acids is 1. The van der Waals surface area contributed by atoms with Gasteiger partial charge < -0.3 is 4.74 Å². The number of nitrogens with zero attached hydrogens (tertiary/aromatic N) is 4. The number of rotatable bonds is 2. The average Bonchev–Trinajstić information content (AvgIpc) is 2.66. The van der Waals surface area contributed by atoms with Gasteiger partial charge in [-0.2, -0.15) is 10.1 Å². The molecular weight excluding hydrogens is 208 g/mol. The van der Waals surface area contributed by atoms with Gasteiger partial charge in [0.2, 0.25) is 0 Å². The van der Waals surface area contributed by atoms with Gasteiger partial charge in [-0.1, -0.05) is 0 Å². The molecule has 6 heteroatoms. The van der Waals surface area contributed by atoms with Crippen molar-refractivity contribution in [1.82, 2.24) is 19.6 Å². The van der Waals surface area contributed by atoms with E-state index in [1.165, 1.54) is 10.8 Å². The Hall–Kier alpha value is -1.98. The first-order valence-electron chi connectivity index (χ1n) is 4.99. The molecule has 0 aliphatic carbocycles. The van der Waals surface area contributed by atoms with Crippen LogP contribution in [0.25, 0.3) is 5.78 Å². The zero-order chi connectivity index (χ0) is 11.7. The van der Waals surface area contributed by atoms with Crippen LogP contribution >= 0.6 is 0 Å². The predicted octanol–water partition coefficient (Wildman–Crippen LogP) is 0.918. The van der Waals surface area contributed by atoms with Crippen molar-refractivity contribution < 1.29 is 9.53 Å². The molecule has 0 N–H and O–H groups in total. The summed E-state index contributed by atoms with van der Waals surface area (Å²) >= 11 is 0. The Morgan fingerprint density at radius 1 is 1.50 bits per heavy atom. The van der Waals surface area contributed by atoms with Crippen LogP contribution in [0.3, 0.4) is 0 Å². The number of hydrogen-bond acceptors (Lipinski definition) is 5. The second-order valence-corrected chi connectivity index (χ2v) is 3.35. The molecule has 2 aromatic heterocycles. The smallest absolute Gasteiger partial charge is 0.341 e. The number of carbonyl (C=O) groups is 1. The first-order chi connectivity index (χ1) is 7.65. The van der Waals surface area contributed by atoms with Crippen LogP contribution in [0, 0.1) is 13.8 Å². The molecule has 84 valence electrons. The van der Waals surface area contributed by atoms with E-state index in [0.717, 1.165) is 0 Å². The van der Waals surface area contributed by atoms with Crippen LogP contribution in [0.2, 0.25) is 0 Å². The minimum atomic E-state index is -0.373. The lowest BCUT2D eigenvalue weighted by Gasteiger charge is -2.08. The monoisotopic (exact) mass is 220 g/mol. The van der Waals surface area contributed by atoms with Crippen LogP contribution in [-0.4, -0.2) is 32.2 Å². The van der Waals surface area contributed by atoms with Gasteiger partial charge in [-0.25, -0.2) is 14.3 Å². The van der Waals surface area contributed by atoms with Gasteiger partial charge in [-0.05, 0) is 20.8 Å². The van der Waals surface area contributed by atoms with E-state index < -0.39 is 0 Å². The van der Waals surface area contributed by atoms with Crippen molar-refractivity contribution in [3.8, 4) is 0 Å². The lowest BCUT2D eigenvalue weighted by atomic mass is 10.2. The van der Waals surface area contributed by atoms with Crippen molar-refractivity contribution in [3.05, 3.63) is 23.3 Å². The Labute approximate surface area is 92.3 Å². The maximum Gasteiger partial charge on any atom is 0.341 e. The van der Waals surface area contributed by atoms with Crippen molar-refractivity contribution in [2.24, 2.45) is 0 Å². The molecule has 16 heavy (non-hydrogen) atoms. The first kappa shape index (κ1) is 10.5. The molecule has 0 saturated carbocycles. The highest BCUT2D eigenvalue weighted by molar-refractivity contribution is 5.91. The standard InChI is InChI=1S/C10H12N4O2/c1-4-16-9(15)8-6(2)13-10-11-5-12-14(10)7(8)3/h5H,4H2,1-3H3. The minimum Gasteiger partial charge on any atom is -0.462 e. The maximum atomic E-state index is 11.7. The second-order valence-electron chi connectivity index (χ2n) is 3.35. The summed E-state index contributed by atoms with van der Waals surface area (Å²) in [5, 5.41) is 4.00. The molecule has 0 unspecified atom stereocenters. The van der Waals surface area contributed by atoms with Crippen molar-refractivity contribution in [2.45, 2.75) is 20.8 Å². The molecule has 0 aliphatic heterocycles. The molecule has 0 atom stereocenters. The summed E-state index contributed by atoms with van der Waals surface area (Å²) in [6.45, 7) is 5.66. The Balaban J connectivity index is 2.63. The lowest BCUT2D eigenvalue weighted by molar-refractivity contribution is 0.0523. The van der Waals surface area contributed by atoms with Crippen molar-refractivity contribution in [1.29, 1.82) is 0 Å². The van der Waals surface area contributed by atoms with E-state index in [1.54, 1.807) is 20.8 Å². The van der Waals surface area contributed by atoms with Crippen LogP contribution in [0.1, 0.15) is 28.7 Å². The Kier molecular flexibility index (Phi) is 2.55.